The maximum absolute atomic E-state index is 11.0. The Morgan fingerprint density at radius 3 is 2.83 bits per heavy atom. The maximum Gasteiger partial charge on any atom is 0.233 e. The minimum Gasteiger partial charge on any atom is -0.274 e. The molecule has 1 heterocycles. The number of nitrogens with one attached hydrogen (secondary N) is 1. The average molecular weight is 184 g/mol. The van der Waals surface area contributed by atoms with E-state index in [0.29, 0.717) is 12.3 Å². The van der Waals surface area contributed by atoms with Crippen molar-refractivity contribution in [2.45, 2.75) is 19.3 Å². The third kappa shape index (κ3) is 3.14. The van der Waals surface area contributed by atoms with Crippen molar-refractivity contribution in [1.29, 1.82) is 5.26 Å². The van der Waals surface area contributed by atoms with Crippen LogP contribution >= 0.6 is 11.8 Å². The van der Waals surface area contributed by atoms with Crippen LogP contribution in [0.15, 0.2) is 0 Å². The molecule has 1 N–H and O–H groups in total. The zero-order valence-electron chi connectivity index (χ0n) is 6.88. The Morgan fingerprint density at radius 2 is 2.25 bits per heavy atom. The van der Waals surface area contributed by atoms with E-state index in [2.05, 4.69) is 5.32 Å². The number of nitrogens with zero attached hydrogens (tertiary/aromatic N) is 1. The van der Waals surface area contributed by atoms with Gasteiger partial charge in [0.1, 0.15) is 0 Å². The van der Waals surface area contributed by atoms with E-state index in [-0.39, 0.29) is 5.91 Å². The summed E-state index contributed by atoms with van der Waals surface area (Å²) in [5.74, 6) is 2.68. The van der Waals surface area contributed by atoms with Crippen molar-refractivity contribution >= 4 is 17.7 Å². The third-order valence-electron chi connectivity index (χ3n) is 2.01. The number of carbonyl (C=O) groups is 1. The summed E-state index contributed by atoms with van der Waals surface area (Å²) in [6.07, 6.45) is 4.40. The van der Waals surface area contributed by atoms with Crippen molar-refractivity contribution in [1.82, 2.24) is 5.32 Å². The monoisotopic (exact) mass is 184 g/mol. The van der Waals surface area contributed by atoms with Crippen LogP contribution in [0.2, 0.25) is 0 Å². The molecule has 0 aliphatic carbocycles. The molecule has 1 aliphatic rings. The van der Waals surface area contributed by atoms with Gasteiger partial charge < -0.3 is 0 Å². The molecule has 4 heteroatoms. The molecule has 0 spiro atoms. The molecule has 0 aromatic carbocycles. The first-order chi connectivity index (χ1) is 5.83. The molecule has 12 heavy (non-hydrogen) atoms. The summed E-state index contributed by atoms with van der Waals surface area (Å²) < 4.78 is 0. The Labute approximate surface area is 76.5 Å². The van der Waals surface area contributed by atoms with Gasteiger partial charge in [0.15, 0.2) is 6.19 Å². The second kappa shape index (κ2) is 5.04. The predicted octanol–water partition coefficient (Wildman–Crippen LogP) is 1.12. The van der Waals surface area contributed by atoms with Gasteiger partial charge in [0.2, 0.25) is 5.91 Å². The zero-order chi connectivity index (χ0) is 8.81. The molecular weight excluding hydrogens is 172 g/mol. The Morgan fingerprint density at radius 1 is 1.58 bits per heavy atom. The SMILES string of the molecule is N#CNC(=O)CC1CCSCC1. The van der Waals surface area contributed by atoms with Gasteiger partial charge in [-0.3, -0.25) is 10.1 Å². The lowest BCUT2D eigenvalue weighted by Gasteiger charge is -2.19. The second-order valence-electron chi connectivity index (χ2n) is 2.92. The van der Waals surface area contributed by atoms with Crippen LogP contribution in [0.3, 0.4) is 0 Å². The highest BCUT2D eigenvalue weighted by Gasteiger charge is 2.16. The topological polar surface area (TPSA) is 52.9 Å². The van der Waals surface area contributed by atoms with Crippen LogP contribution in [0, 0.1) is 17.4 Å². The molecule has 0 radical (unpaired) electrons. The summed E-state index contributed by atoms with van der Waals surface area (Å²) >= 11 is 1.94. The summed E-state index contributed by atoms with van der Waals surface area (Å²) in [4.78, 5) is 11.0. The third-order valence-corrected chi connectivity index (χ3v) is 3.06. The first-order valence-corrected chi connectivity index (χ1v) is 5.24. The minimum absolute atomic E-state index is 0.130. The summed E-state index contributed by atoms with van der Waals surface area (Å²) in [6.45, 7) is 0. The number of nitriles is 1. The van der Waals surface area contributed by atoms with Crippen LogP contribution < -0.4 is 5.32 Å². The van der Waals surface area contributed by atoms with Crippen molar-refractivity contribution in [3.63, 3.8) is 0 Å². The fourth-order valence-corrected chi connectivity index (χ4v) is 2.53. The summed E-state index contributed by atoms with van der Waals surface area (Å²) in [6, 6.07) is 0. The largest absolute Gasteiger partial charge is 0.274 e. The van der Waals surface area contributed by atoms with E-state index in [1.165, 1.54) is 0 Å². The van der Waals surface area contributed by atoms with Crippen LogP contribution in [-0.4, -0.2) is 17.4 Å². The van der Waals surface area contributed by atoms with Gasteiger partial charge in [-0.15, -0.1) is 0 Å². The lowest BCUT2D eigenvalue weighted by molar-refractivity contribution is -0.120. The van der Waals surface area contributed by atoms with Gasteiger partial charge in [-0.25, -0.2) is 0 Å². The van der Waals surface area contributed by atoms with E-state index >= 15 is 0 Å². The Hall–Kier alpha value is -0.690. The standard InChI is InChI=1S/C8H12N2OS/c9-6-10-8(11)5-7-1-3-12-4-2-7/h7H,1-5H2,(H,10,11). The van der Waals surface area contributed by atoms with Crippen LogP contribution in [0.1, 0.15) is 19.3 Å². The molecule has 66 valence electrons. The summed E-state index contributed by atoms with van der Waals surface area (Å²) in [7, 11) is 0. The second-order valence-corrected chi connectivity index (χ2v) is 4.14. The van der Waals surface area contributed by atoms with Crippen molar-refractivity contribution in [2.24, 2.45) is 5.92 Å². The highest BCUT2D eigenvalue weighted by Crippen LogP contribution is 2.24. The van der Waals surface area contributed by atoms with Crippen LogP contribution in [0.4, 0.5) is 0 Å². The zero-order valence-corrected chi connectivity index (χ0v) is 7.69. The van der Waals surface area contributed by atoms with Gasteiger partial charge in [0.05, 0.1) is 0 Å². The van der Waals surface area contributed by atoms with E-state index in [9.17, 15) is 4.79 Å². The molecule has 0 aromatic heterocycles. The molecular formula is C8H12N2OS. The quantitative estimate of drug-likeness (QED) is 0.517. The minimum atomic E-state index is -0.130. The van der Waals surface area contributed by atoms with Gasteiger partial charge in [0.25, 0.3) is 0 Å². The number of thioether (sulfide) groups is 1. The predicted molar refractivity (Wildman–Crippen MR) is 48.4 cm³/mol. The number of hydrogen-bond acceptors (Lipinski definition) is 3. The number of hydrogen-bond donors (Lipinski definition) is 1. The molecule has 0 saturated carbocycles. The summed E-state index contributed by atoms with van der Waals surface area (Å²) in [5.41, 5.74) is 0. The van der Waals surface area contributed by atoms with Crippen LogP contribution in [0.25, 0.3) is 0 Å². The molecule has 3 nitrogen and oxygen atoms in total. The number of rotatable bonds is 2. The van der Waals surface area contributed by atoms with E-state index in [1.54, 1.807) is 6.19 Å². The molecule has 1 rings (SSSR count). The molecule has 1 fully saturated rings. The van der Waals surface area contributed by atoms with Gasteiger partial charge in [0, 0.05) is 6.42 Å². The van der Waals surface area contributed by atoms with E-state index in [4.69, 9.17) is 5.26 Å². The lowest BCUT2D eigenvalue weighted by atomic mass is 9.99. The van der Waals surface area contributed by atoms with Gasteiger partial charge in [-0.1, -0.05) is 0 Å². The molecule has 0 bridgehead atoms. The Kier molecular flexibility index (Phi) is 3.95. The molecule has 0 aromatic rings. The molecule has 1 aliphatic heterocycles. The van der Waals surface area contributed by atoms with E-state index in [1.807, 2.05) is 11.8 Å². The highest BCUT2D eigenvalue weighted by molar-refractivity contribution is 7.99. The van der Waals surface area contributed by atoms with Crippen molar-refractivity contribution in [2.75, 3.05) is 11.5 Å². The molecule has 1 saturated heterocycles. The normalized spacial score (nSPS) is 18.2. The van der Waals surface area contributed by atoms with Crippen LogP contribution in [0.5, 0.6) is 0 Å². The average Bonchev–Trinajstić information content (AvgIpc) is 2.06. The molecule has 1 amide bonds. The van der Waals surface area contributed by atoms with Gasteiger partial charge in [-0.2, -0.15) is 17.0 Å². The number of carbonyl (C=O) groups excluding carboxylic acids is 1. The summed E-state index contributed by atoms with van der Waals surface area (Å²) in [5, 5.41) is 10.3. The van der Waals surface area contributed by atoms with Gasteiger partial charge >= 0.3 is 0 Å². The smallest absolute Gasteiger partial charge is 0.233 e. The lowest BCUT2D eigenvalue weighted by Crippen LogP contribution is -2.22. The highest BCUT2D eigenvalue weighted by atomic mass is 32.2. The maximum atomic E-state index is 11.0. The van der Waals surface area contributed by atoms with Crippen molar-refractivity contribution in [3.05, 3.63) is 0 Å². The van der Waals surface area contributed by atoms with Crippen LogP contribution in [-0.2, 0) is 4.79 Å². The first-order valence-electron chi connectivity index (χ1n) is 4.08. The Bertz CT molecular complexity index is 194. The van der Waals surface area contributed by atoms with E-state index < -0.39 is 0 Å². The molecule has 0 unspecified atom stereocenters. The fraction of sp³-hybridized carbons (Fsp3) is 0.750. The van der Waals surface area contributed by atoms with Crippen molar-refractivity contribution in [3.8, 4) is 6.19 Å². The van der Waals surface area contributed by atoms with Crippen molar-refractivity contribution < 1.29 is 4.79 Å². The van der Waals surface area contributed by atoms with Gasteiger partial charge in [-0.05, 0) is 30.3 Å². The van der Waals surface area contributed by atoms with E-state index in [0.717, 1.165) is 24.3 Å². The number of amides is 1. The molecule has 0 atom stereocenters. The Balaban J connectivity index is 2.21. The first kappa shape index (κ1) is 9.40. The fourth-order valence-electron chi connectivity index (χ4n) is 1.33.